The first kappa shape index (κ1) is 21.5. The minimum Gasteiger partial charge on any atom is -0.374 e. The summed E-state index contributed by atoms with van der Waals surface area (Å²) in [6.07, 6.45) is 0.229. The summed E-state index contributed by atoms with van der Waals surface area (Å²) in [5.74, 6) is -0.120. The molecule has 1 unspecified atom stereocenters. The number of aryl methyl sites for hydroxylation is 1. The summed E-state index contributed by atoms with van der Waals surface area (Å²) in [6.45, 7) is 4.13. The number of benzene rings is 2. The molecule has 3 aromatic rings. The molecule has 0 aliphatic carbocycles. The van der Waals surface area contributed by atoms with E-state index in [9.17, 15) is 9.90 Å². The maximum absolute atomic E-state index is 13.3. The molecule has 0 bridgehead atoms. The van der Waals surface area contributed by atoms with Gasteiger partial charge in [-0.15, -0.1) is 0 Å². The third kappa shape index (κ3) is 5.13. The fourth-order valence-electron chi connectivity index (χ4n) is 3.97. The molecule has 1 atom stereocenters. The number of hydrogen-bond donors (Lipinski definition) is 1. The Bertz CT molecular complexity index is 1050. The summed E-state index contributed by atoms with van der Waals surface area (Å²) in [5, 5.41) is 11.5. The summed E-state index contributed by atoms with van der Waals surface area (Å²) in [6, 6.07) is 21.0. The van der Waals surface area contributed by atoms with E-state index in [0.29, 0.717) is 30.4 Å². The van der Waals surface area contributed by atoms with E-state index in [-0.39, 0.29) is 5.91 Å². The first-order valence-electron chi connectivity index (χ1n) is 10.5. The Morgan fingerprint density at radius 2 is 1.90 bits per heavy atom. The van der Waals surface area contributed by atoms with Crippen molar-refractivity contribution in [3.05, 3.63) is 99.8 Å². The number of hydrogen-bond acceptors (Lipinski definition) is 4. The van der Waals surface area contributed by atoms with E-state index in [0.717, 1.165) is 29.8 Å². The van der Waals surface area contributed by atoms with E-state index < -0.39 is 6.23 Å². The van der Waals surface area contributed by atoms with E-state index in [2.05, 4.69) is 11.1 Å². The number of aliphatic hydroxyl groups excluding tert-OH is 1. The Kier molecular flexibility index (Phi) is 6.66. The smallest absolute Gasteiger partial charge is 0.272 e. The van der Waals surface area contributed by atoms with Crippen molar-refractivity contribution in [2.45, 2.75) is 26.1 Å². The van der Waals surface area contributed by atoms with Crippen LogP contribution in [0.4, 0.5) is 0 Å². The van der Waals surface area contributed by atoms with E-state index in [1.165, 1.54) is 5.56 Å². The Labute approximate surface area is 187 Å². The molecule has 1 amide bonds. The van der Waals surface area contributed by atoms with Crippen molar-refractivity contribution in [1.82, 2.24) is 14.8 Å². The fourth-order valence-corrected chi connectivity index (χ4v) is 4.09. The second-order valence-electron chi connectivity index (χ2n) is 7.88. The first-order chi connectivity index (χ1) is 15.0. The van der Waals surface area contributed by atoms with Gasteiger partial charge in [-0.1, -0.05) is 54.1 Å². The maximum atomic E-state index is 13.3. The van der Waals surface area contributed by atoms with Crippen LogP contribution in [-0.4, -0.2) is 45.4 Å². The molecular weight excluding hydrogens is 410 g/mol. The summed E-state index contributed by atoms with van der Waals surface area (Å²) >= 11 is 6.02. The van der Waals surface area contributed by atoms with Crippen LogP contribution in [0.3, 0.4) is 0 Å². The summed E-state index contributed by atoms with van der Waals surface area (Å²) in [7, 11) is 0. The van der Waals surface area contributed by atoms with Gasteiger partial charge in [0.15, 0.2) is 0 Å². The number of aliphatic hydroxyl groups is 1. The fraction of sp³-hybridized carbons (Fsp3) is 0.280. The lowest BCUT2D eigenvalue weighted by Gasteiger charge is -2.35. The van der Waals surface area contributed by atoms with Gasteiger partial charge in [0.25, 0.3) is 5.91 Å². The number of carbonyl (C=O) groups excluding carboxylic acids is 1. The van der Waals surface area contributed by atoms with Crippen LogP contribution < -0.4 is 0 Å². The lowest BCUT2D eigenvalue weighted by Crippen LogP contribution is -2.42. The van der Waals surface area contributed by atoms with Crippen molar-refractivity contribution >= 4 is 17.5 Å². The van der Waals surface area contributed by atoms with Crippen LogP contribution in [-0.2, 0) is 13.0 Å². The van der Waals surface area contributed by atoms with Crippen LogP contribution in [0, 0.1) is 6.92 Å². The average Bonchev–Trinajstić information content (AvgIpc) is 2.79. The molecule has 1 aliphatic rings. The maximum Gasteiger partial charge on any atom is 0.272 e. The SMILES string of the molecule is Cc1cccc(C(=O)N(CCN2CCc3ccccc3C2O)Cc2ccc(Cl)cc2)n1. The zero-order valence-corrected chi connectivity index (χ0v) is 18.3. The molecule has 0 saturated heterocycles. The van der Waals surface area contributed by atoms with E-state index >= 15 is 0 Å². The van der Waals surface area contributed by atoms with Crippen LogP contribution in [0.25, 0.3) is 0 Å². The molecule has 6 heteroatoms. The van der Waals surface area contributed by atoms with Crippen molar-refractivity contribution < 1.29 is 9.90 Å². The molecule has 1 N–H and O–H groups in total. The van der Waals surface area contributed by atoms with E-state index in [1.54, 1.807) is 11.0 Å². The van der Waals surface area contributed by atoms with Crippen molar-refractivity contribution in [3.8, 4) is 0 Å². The second kappa shape index (κ2) is 9.60. The normalized spacial score (nSPS) is 16.0. The quantitative estimate of drug-likeness (QED) is 0.629. The number of amides is 1. The van der Waals surface area contributed by atoms with Crippen molar-refractivity contribution in [3.63, 3.8) is 0 Å². The monoisotopic (exact) mass is 435 g/mol. The lowest BCUT2D eigenvalue weighted by molar-refractivity contribution is -0.0111. The minimum absolute atomic E-state index is 0.120. The molecule has 0 fully saturated rings. The number of aromatic nitrogens is 1. The first-order valence-corrected chi connectivity index (χ1v) is 10.9. The van der Waals surface area contributed by atoms with Gasteiger partial charge in [-0.25, -0.2) is 4.98 Å². The zero-order valence-electron chi connectivity index (χ0n) is 17.5. The minimum atomic E-state index is -0.658. The number of pyridine rings is 1. The molecule has 0 spiro atoms. The second-order valence-corrected chi connectivity index (χ2v) is 8.31. The van der Waals surface area contributed by atoms with Gasteiger partial charge in [0.05, 0.1) is 0 Å². The molecule has 2 heterocycles. The zero-order chi connectivity index (χ0) is 21.8. The van der Waals surface area contributed by atoms with Crippen molar-refractivity contribution in [2.24, 2.45) is 0 Å². The van der Waals surface area contributed by atoms with Gasteiger partial charge >= 0.3 is 0 Å². The van der Waals surface area contributed by atoms with Gasteiger partial charge < -0.3 is 10.0 Å². The van der Waals surface area contributed by atoms with Gasteiger partial charge in [0.2, 0.25) is 0 Å². The highest BCUT2D eigenvalue weighted by Gasteiger charge is 2.26. The highest BCUT2D eigenvalue weighted by Crippen LogP contribution is 2.27. The van der Waals surface area contributed by atoms with Gasteiger partial charge in [0, 0.05) is 36.9 Å². The molecule has 1 aromatic heterocycles. The van der Waals surface area contributed by atoms with Gasteiger partial charge in [-0.2, -0.15) is 0 Å². The number of rotatable bonds is 6. The summed E-state index contributed by atoms with van der Waals surface area (Å²) < 4.78 is 0. The van der Waals surface area contributed by atoms with Crippen LogP contribution in [0.15, 0.2) is 66.7 Å². The lowest BCUT2D eigenvalue weighted by atomic mass is 9.98. The predicted octanol–water partition coefficient (Wildman–Crippen LogP) is 4.24. The van der Waals surface area contributed by atoms with Crippen LogP contribution in [0.1, 0.15) is 39.1 Å². The molecule has 160 valence electrons. The number of halogens is 1. The summed E-state index contributed by atoms with van der Waals surface area (Å²) in [5.41, 5.74) is 4.36. The molecular formula is C25H26ClN3O2. The van der Waals surface area contributed by atoms with Gasteiger partial charge in [-0.3, -0.25) is 9.69 Å². The van der Waals surface area contributed by atoms with Gasteiger partial charge in [0.1, 0.15) is 11.9 Å². The number of nitrogens with zero attached hydrogens (tertiary/aromatic N) is 3. The largest absolute Gasteiger partial charge is 0.374 e. The number of carbonyl (C=O) groups is 1. The molecule has 5 nitrogen and oxygen atoms in total. The van der Waals surface area contributed by atoms with E-state index in [4.69, 9.17) is 11.6 Å². The molecule has 4 rings (SSSR count). The van der Waals surface area contributed by atoms with Crippen LogP contribution in [0.5, 0.6) is 0 Å². The Hall–Kier alpha value is -2.73. The topological polar surface area (TPSA) is 56.7 Å². The standard InChI is InChI=1S/C25H26ClN3O2/c1-18-5-4-8-23(27-18)25(31)29(17-19-9-11-21(26)12-10-19)16-15-28-14-13-20-6-2-3-7-22(20)24(28)30/h2-12,24,30H,13-17H2,1H3. The van der Waals surface area contributed by atoms with Crippen LogP contribution >= 0.6 is 11.6 Å². The predicted molar refractivity (Wildman–Crippen MR) is 122 cm³/mol. The molecule has 31 heavy (non-hydrogen) atoms. The molecule has 0 saturated carbocycles. The Morgan fingerprint density at radius 3 is 2.68 bits per heavy atom. The molecule has 1 aliphatic heterocycles. The van der Waals surface area contributed by atoms with Crippen molar-refractivity contribution in [1.29, 1.82) is 0 Å². The third-order valence-corrected chi connectivity index (χ3v) is 5.94. The highest BCUT2D eigenvalue weighted by atomic mass is 35.5. The highest BCUT2D eigenvalue weighted by molar-refractivity contribution is 6.30. The third-order valence-electron chi connectivity index (χ3n) is 5.69. The molecule has 2 aromatic carbocycles. The Morgan fingerprint density at radius 1 is 1.13 bits per heavy atom. The number of fused-ring (bicyclic) bond motifs is 1. The summed E-state index contributed by atoms with van der Waals surface area (Å²) in [4.78, 5) is 21.5. The van der Waals surface area contributed by atoms with E-state index in [1.807, 2.05) is 66.4 Å². The van der Waals surface area contributed by atoms with Gasteiger partial charge in [-0.05, 0) is 54.3 Å². The molecule has 0 radical (unpaired) electrons. The van der Waals surface area contributed by atoms with Crippen LogP contribution in [0.2, 0.25) is 5.02 Å². The van der Waals surface area contributed by atoms with Crippen molar-refractivity contribution in [2.75, 3.05) is 19.6 Å². The Balaban J connectivity index is 1.51. The average molecular weight is 436 g/mol.